The Morgan fingerprint density at radius 3 is 2.66 bits per heavy atom. The van der Waals surface area contributed by atoms with Gasteiger partial charge in [0.05, 0.1) is 29.5 Å². The number of anilines is 1. The molecular weight excluding hydrogens is 362 g/mol. The summed E-state index contributed by atoms with van der Waals surface area (Å²) in [5.41, 5.74) is 3.80. The van der Waals surface area contributed by atoms with Crippen LogP contribution in [0.3, 0.4) is 0 Å². The maximum Gasteiger partial charge on any atom is 0.257 e. The first kappa shape index (κ1) is 17.1. The summed E-state index contributed by atoms with van der Waals surface area (Å²) in [5, 5.41) is 9.17. The minimum absolute atomic E-state index is 0.228. The van der Waals surface area contributed by atoms with Gasteiger partial charge < -0.3 is 5.32 Å². The molecule has 0 saturated carbocycles. The third kappa shape index (κ3) is 3.32. The van der Waals surface area contributed by atoms with Crippen molar-refractivity contribution in [2.24, 2.45) is 0 Å². The van der Waals surface area contributed by atoms with E-state index in [-0.39, 0.29) is 5.91 Å². The molecule has 6 nitrogen and oxygen atoms in total. The fourth-order valence-electron chi connectivity index (χ4n) is 3.37. The van der Waals surface area contributed by atoms with Crippen LogP contribution in [-0.4, -0.2) is 25.7 Å². The van der Waals surface area contributed by atoms with Gasteiger partial charge >= 0.3 is 0 Å². The van der Waals surface area contributed by atoms with Gasteiger partial charge in [-0.3, -0.25) is 9.78 Å². The molecule has 0 bridgehead atoms. The Morgan fingerprint density at radius 1 is 0.897 bits per heavy atom. The lowest BCUT2D eigenvalue weighted by Gasteiger charge is -2.08. The van der Waals surface area contributed by atoms with E-state index < -0.39 is 0 Å². The molecule has 0 radical (unpaired) electrons. The zero-order valence-corrected chi connectivity index (χ0v) is 15.5. The number of carbonyl (C=O) groups excluding carboxylic acids is 1. The average molecular weight is 379 g/mol. The molecule has 3 aromatic heterocycles. The van der Waals surface area contributed by atoms with Crippen LogP contribution in [-0.2, 0) is 6.54 Å². The quantitative estimate of drug-likeness (QED) is 0.506. The lowest BCUT2D eigenvalue weighted by molar-refractivity contribution is 0.102. The van der Waals surface area contributed by atoms with Gasteiger partial charge in [0.1, 0.15) is 0 Å². The van der Waals surface area contributed by atoms with Crippen molar-refractivity contribution in [3.63, 3.8) is 0 Å². The maximum absolute atomic E-state index is 12.8. The number of amides is 1. The summed E-state index contributed by atoms with van der Waals surface area (Å²) in [6.07, 6.45) is 5.04. The summed E-state index contributed by atoms with van der Waals surface area (Å²) in [7, 11) is 0. The molecule has 2 aromatic carbocycles. The lowest BCUT2D eigenvalue weighted by Crippen LogP contribution is -2.13. The number of pyridine rings is 2. The van der Waals surface area contributed by atoms with Crippen molar-refractivity contribution in [3.05, 3.63) is 96.4 Å². The molecule has 5 aromatic rings. The van der Waals surface area contributed by atoms with Crippen molar-refractivity contribution < 1.29 is 4.79 Å². The normalized spacial score (nSPS) is 11.0. The molecule has 0 saturated heterocycles. The number of carbonyl (C=O) groups is 1. The predicted molar refractivity (Wildman–Crippen MR) is 113 cm³/mol. The van der Waals surface area contributed by atoms with Crippen LogP contribution >= 0.6 is 0 Å². The summed E-state index contributed by atoms with van der Waals surface area (Å²) in [5.74, 6) is -0.228. The monoisotopic (exact) mass is 379 g/mol. The highest BCUT2D eigenvalue weighted by Crippen LogP contribution is 2.22. The van der Waals surface area contributed by atoms with Crippen molar-refractivity contribution >= 4 is 33.5 Å². The van der Waals surface area contributed by atoms with Gasteiger partial charge in [-0.2, -0.15) is 5.10 Å². The highest BCUT2D eigenvalue weighted by Gasteiger charge is 2.12. The molecule has 0 aliphatic heterocycles. The van der Waals surface area contributed by atoms with Crippen LogP contribution < -0.4 is 5.32 Å². The van der Waals surface area contributed by atoms with Gasteiger partial charge in [-0.1, -0.05) is 48.5 Å². The van der Waals surface area contributed by atoms with E-state index in [0.29, 0.717) is 17.8 Å². The Kier molecular flexibility index (Phi) is 4.22. The first-order chi connectivity index (χ1) is 14.3. The van der Waals surface area contributed by atoms with Crippen LogP contribution in [0.25, 0.3) is 21.9 Å². The molecule has 0 atom stereocenters. The van der Waals surface area contributed by atoms with Crippen LogP contribution in [0, 0.1) is 0 Å². The number of hydrogen-bond acceptors (Lipinski definition) is 4. The number of fused-ring (bicyclic) bond motifs is 2. The van der Waals surface area contributed by atoms with Crippen LogP contribution in [0.4, 0.5) is 5.69 Å². The summed E-state index contributed by atoms with van der Waals surface area (Å²) < 4.78 is 1.83. The number of hydrogen-bond donors (Lipinski definition) is 1. The minimum Gasteiger partial charge on any atom is -0.320 e. The van der Waals surface area contributed by atoms with Crippen LogP contribution in [0.1, 0.15) is 15.9 Å². The van der Waals surface area contributed by atoms with E-state index in [2.05, 4.69) is 20.4 Å². The third-order valence-corrected chi connectivity index (χ3v) is 4.79. The summed E-state index contributed by atoms with van der Waals surface area (Å²) in [4.78, 5) is 21.7. The molecule has 3 heterocycles. The van der Waals surface area contributed by atoms with Gasteiger partial charge in [-0.15, -0.1) is 0 Å². The first-order valence-corrected chi connectivity index (χ1v) is 9.28. The molecule has 1 amide bonds. The molecule has 29 heavy (non-hydrogen) atoms. The number of benzene rings is 2. The number of para-hydroxylation sites is 1. The van der Waals surface area contributed by atoms with Crippen molar-refractivity contribution in [3.8, 4) is 0 Å². The highest BCUT2D eigenvalue weighted by atomic mass is 16.1. The van der Waals surface area contributed by atoms with E-state index in [1.807, 2.05) is 71.4 Å². The van der Waals surface area contributed by atoms with Crippen molar-refractivity contribution in [1.82, 2.24) is 19.7 Å². The van der Waals surface area contributed by atoms with E-state index in [1.54, 1.807) is 18.6 Å². The van der Waals surface area contributed by atoms with Gasteiger partial charge in [-0.25, -0.2) is 9.67 Å². The van der Waals surface area contributed by atoms with E-state index in [1.165, 1.54) is 0 Å². The smallest absolute Gasteiger partial charge is 0.257 e. The number of nitrogens with one attached hydrogen (secondary N) is 1. The zero-order valence-electron chi connectivity index (χ0n) is 15.5. The number of aromatic nitrogens is 4. The standard InChI is InChI=1S/C23H17N5O/c29-23(27-20-10-4-8-17-9-5-11-24-21(17)20)19-12-18-14-26-28(22(18)25-13-19)15-16-6-2-1-3-7-16/h1-14H,15H2,(H,27,29). The van der Waals surface area contributed by atoms with Crippen LogP contribution in [0.2, 0.25) is 0 Å². The molecule has 0 unspecified atom stereocenters. The Hall–Kier alpha value is -4.06. The van der Waals surface area contributed by atoms with Crippen LogP contribution in [0.5, 0.6) is 0 Å². The Balaban J connectivity index is 1.42. The fraction of sp³-hybridized carbons (Fsp3) is 0.0435. The summed E-state index contributed by atoms with van der Waals surface area (Å²) in [6.45, 7) is 0.630. The molecule has 0 aliphatic rings. The Labute approximate surface area is 166 Å². The largest absolute Gasteiger partial charge is 0.320 e. The van der Waals surface area contributed by atoms with E-state index in [9.17, 15) is 4.79 Å². The summed E-state index contributed by atoms with van der Waals surface area (Å²) >= 11 is 0. The molecule has 6 heteroatoms. The highest BCUT2D eigenvalue weighted by molar-refractivity contribution is 6.09. The SMILES string of the molecule is O=C(Nc1cccc2cccnc12)c1cnc2c(cnn2Cc2ccccc2)c1. The molecule has 1 N–H and O–H groups in total. The first-order valence-electron chi connectivity index (χ1n) is 9.28. The van der Waals surface area contributed by atoms with Gasteiger partial charge in [0.15, 0.2) is 5.65 Å². The van der Waals surface area contributed by atoms with Crippen LogP contribution in [0.15, 0.2) is 85.3 Å². The van der Waals surface area contributed by atoms with E-state index in [0.717, 1.165) is 27.5 Å². The average Bonchev–Trinajstić information content (AvgIpc) is 3.17. The Bertz CT molecular complexity index is 1320. The van der Waals surface area contributed by atoms with Gasteiger partial charge in [0.2, 0.25) is 0 Å². The molecule has 5 rings (SSSR count). The molecule has 140 valence electrons. The summed E-state index contributed by atoms with van der Waals surface area (Å²) in [6, 6.07) is 21.4. The molecule has 0 aliphatic carbocycles. The number of nitrogens with zero attached hydrogens (tertiary/aromatic N) is 4. The predicted octanol–water partition coefficient (Wildman–Crippen LogP) is 4.28. The topological polar surface area (TPSA) is 72.7 Å². The van der Waals surface area contributed by atoms with Crippen molar-refractivity contribution in [2.75, 3.05) is 5.32 Å². The van der Waals surface area contributed by atoms with Crippen molar-refractivity contribution in [1.29, 1.82) is 0 Å². The van der Waals surface area contributed by atoms with Crippen molar-refractivity contribution in [2.45, 2.75) is 6.54 Å². The second-order valence-electron chi connectivity index (χ2n) is 6.76. The van der Waals surface area contributed by atoms with Gasteiger partial charge in [0, 0.05) is 23.2 Å². The lowest BCUT2D eigenvalue weighted by atomic mass is 10.1. The van der Waals surface area contributed by atoms with E-state index in [4.69, 9.17) is 0 Å². The fourth-order valence-corrected chi connectivity index (χ4v) is 3.37. The second-order valence-corrected chi connectivity index (χ2v) is 6.76. The van der Waals surface area contributed by atoms with Gasteiger partial charge in [-0.05, 0) is 23.8 Å². The number of rotatable bonds is 4. The Morgan fingerprint density at radius 2 is 1.76 bits per heavy atom. The van der Waals surface area contributed by atoms with Gasteiger partial charge in [0.25, 0.3) is 5.91 Å². The second kappa shape index (κ2) is 7.16. The minimum atomic E-state index is -0.228. The molecular formula is C23H17N5O. The molecule has 0 spiro atoms. The third-order valence-electron chi connectivity index (χ3n) is 4.79. The zero-order chi connectivity index (χ0) is 19.6. The maximum atomic E-state index is 12.8. The molecule has 0 fully saturated rings. The van der Waals surface area contributed by atoms with E-state index >= 15 is 0 Å².